The first-order chi connectivity index (χ1) is 17.5. The van der Waals surface area contributed by atoms with E-state index < -0.39 is 0 Å². The largest absolute Gasteiger partial charge is 0.490 e. The average Bonchev–Trinajstić information content (AvgIpc) is 3.12. The van der Waals surface area contributed by atoms with Gasteiger partial charge in [-0.15, -0.1) is 0 Å². The van der Waals surface area contributed by atoms with E-state index in [1.165, 1.54) is 10.5 Å². The second-order valence-corrected chi connectivity index (χ2v) is 10.6. The second-order valence-electron chi connectivity index (χ2n) is 8.07. The molecular weight excluding hydrogens is 609 g/mol. The zero-order chi connectivity index (χ0) is 25.5. The van der Waals surface area contributed by atoms with Crippen LogP contribution in [-0.4, -0.2) is 29.2 Å². The number of carbonyl (C=O) groups is 2. The molecule has 0 bridgehead atoms. The molecular formula is C28H25ClINO4S. The van der Waals surface area contributed by atoms with Gasteiger partial charge in [0.1, 0.15) is 6.61 Å². The van der Waals surface area contributed by atoms with Crippen molar-refractivity contribution in [3.8, 4) is 11.5 Å². The van der Waals surface area contributed by atoms with Crippen LogP contribution in [0, 0.1) is 3.57 Å². The Bertz CT molecular complexity index is 1280. The van der Waals surface area contributed by atoms with Crippen molar-refractivity contribution in [3.63, 3.8) is 0 Å². The van der Waals surface area contributed by atoms with Gasteiger partial charge in [0.05, 0.1) is 15.1 Å². The zero-order valence-electron chi connectivity index (χ0n) is 19.7. The Labute approximate surface area is 233 Å². The summed E-state index contributed by atoms with van der Waals surface area (Å²) in [6, 6.07) is 21.3. The topological polar surface area (TPSA) is 55.8 Å². The van der Waals surface area contributed by atoms with E-state index in [2.05, 4.69) is 22.6 Å². The Morgan fingerprint density at radius 2 is 1.78 bits per heavy atom. The molecule has 0 aromatic heterocycles. The van der Waals surface area contributed by atoms with Gasteiger partial charge in [0.2, 0.25) is 0 Å². The maximum Gasteiger partial charge on any atom is 0.293 e. The quantitative estimate of drug-likeness (QED) is 0.170. The van der Waals surface area contributed by atoms with Crippen LogP contribution in [0.25, 0.3) is 6.08 Å². The number of benzene rings is 3. The van der Waals surface area contributed by atoms with Crippen molar-refractivity contribution in [1.82, 2.24) is 4.90 Å². The third-order valence-corrected chi connectivity index (χ3v) is 7.60. The van der Waals surface area contributed by atoms with E-state index in [1.807, 2.05) is 73.7 Å². The molecule has 1 saturated heterocycles. The Morgan fingerprint density at radius 1 is 1.03 bits per heavy atom. The summed E-state index contributed by atoms with van der Waals surface area (Å²) in [6.07, 6.45) is 3.27. The lowest BCUT2D eigenvalue weighted by Gasteiger charge is -2.15. The molecule has 0 atom stereocenters. The third-order valence-electron chi connectivity index (χ3n) is 5.52. The summed E-state index contributed by atoms with van der Waals surface area (Å²) in [4.78, 5) is 27.2. The summed E-state index contributed by atoms with van der Waals surface area (Å²) in [5.74, 6) is 0.929. The molecule has 0 radical (unpaired) electrons. The summed E-state index contributed by atoms with van der Waals surface area (Å²) >= 11 is 9.43. The number of thioether (sulfide) groups is 1. The van der Waals surface area contributed by atoms with E-state index in [9.17, 15) is 9.59 Å². The van der Waals surface area contributed by atoms with Crippen LogP contribution in [0.1, 0.15) is 30.0 Å². The van der Waals surface area contributed by atoms with Crippen molar-refractivity contribution in [2.24, 2.45) is 0 Å². The van der Waals surface area contributed by atoms with Gasteiger partial charge in [0, 0.05) is 17.1 Å². The Balaban J connectivity index is 1.47. The van der Waals surface area contributed by atoms with E-state index in [0.717, 1.165) is 39.3 Å². The van der Waals surface area contributed by atoms with E-state index in [1.54, 1.807) is 6.08 Å². The zero-order valence-corrected chi connectivity index (χ0v) is 23.4. The van der Waals surface area contributed by atoms with Crippen molar-refractivity contribution in [2.45, 2.75) is 26.4 Å². The van der Waals surface area contributed by atoms with Gasteiger partial charge in [-0.1, -0.05) is 60.1 Å². The number of carbonyl (C=O) groups excluding carboxylic acids is 2. The van der Waals surface area contributed by atoms with Gasteiger partial charge in [-0.2, -0.15) is 0 Å². The van der Waals surface area contributed by atoms with Crippen LogP contribution in [-0.2, 0) is 17.8 Å². The molecule has 4 rings (SSSR count). The summed E-state index contributed by atoms with van der Waals surface area (Å²) in [5.41, 5.74) is 2.83. The van der Waals surface area contributed by atoms with Crippen LogP contribution >= 0.6 is 46.0 Å². The van der Waals surface area contributed by atoms with Crippen molar-refractivity contribution in [1.29, 1.82) is 0 Å². The number of imide groups is 1. The first-order valence-corrected chi connectivity index (χ1v) is 13.9. The summed E-state index contributed by atoms with van der Waals surface area (Å²) in [7, 11) is 0. The van der Waals surface area contributed by atoms with Gasteiger partial charge in [0.25, 0.3) is 11.1 Å². The predicted molar refractivity (Wildman–Crippen MR) is 154 cm³/mol. The fourth-order valence-electron chi connectivity index (χ4n) is 3.77. The lowest BCUT2D eigenvalue weighted by atomic mass is 10.1. The smallest absolute Gasteiger partial charge is 0.293 e. The van der Waals surface area contributed by atoms with E-state index >= 15 is 0 Å². The number of amides is 2. The Kier molecular flexibility index (Phi) is 9.34. The summed E-state index contributed by atoms with van der Waals surface area (Å²) < 4.78 is 12.8. The lowest BCUT2D eigenvalue weighted by Crippen LogP contribution is -2.29. The van der Waals surface area contributed by atoms with Gasteiger partial charge < -0.3 is 9.47 Å². The molecule has 0 aliphatic carbocycles. The average molecular weight is 634 g/mol. The third kappa shape index (κ3) is 6.63. The van der Waals surface area contributed by atoms with Gasteiger partial charge >= 0.3 is 0 Å². The van der Waals surface area contributed by atoms with Crippen molar-refractivity contribution < 1.29 is 19.1 Å². The molecule has 8 heteroatoms. The van der Waals surface area contributed by atoms with Crippen molar-refractivity contribution in [3.05, 3.63) is 96.9 Å². The van der Waals surface area contributed by atoms with Crippen LogP contribution in [0.5, 0.6) is 11.5 Å². The molecule has 2 amide bonds. The maximum atomic E-state index is 13.0. The van der Waals surface area contributed by atoms with Gasteiger partial charge in [-0.05, 0) is 89.5 Å². The standard InChI is InChI=1S/C28H25ClINO4S/c1-2-34-24-16-20(15-23(30)26(24)35-18-21-12-6-7-13-22(21)29)17-25-27(32)31(28(33)36-25)14-8-11-19-9-4-3-5-10-19/h3-7,9-10,12-13,15-17H,2,8,11,14,18H2,1H3/b25-17+. The van der Waals surface area contributed by atoms with Crippen molar-refractivity contribution >= 4 is 63.2 Å². The minimum Gasteiger partial charge on any atom is -0.490 e. The van der Waals surface area contributed by atoms with Gasteiger partial charge in [0.15, 0.2) is 11.5 Å². The minimum atomic E-state index is -0.259. The molecule has 36 heavy (non-hydrogen) atoms. The number of aryl methyl sites for hydroxylation is 1. The molecule has 0 unspecified atom stereocenters. The minimum absolute atomic E-state index is 0.237. The lowest BCUT2D eigenvalue weighted by molar-refractivity contribution is -0.122. The van der Waals surface area contributed by atoms with E-state index in [4.69, 9.17) is 21.1 Å². The second kappa shape index (κ2) is 12.7. The van der Waals surface area contributed by atoms with Gasteiger partial charge in [-0.25, -0.2) is 0 Å². The Morgan fingerprint density at radius 3 is 2.53 bits per heavy atom. The summed E-state index contributed by atoms with van der Waals surface area (Å²) in [5, 5.41) is 0.403. The first-order valence-electron chi connectivity index (χ1n) is 11.6. The van der Waals surface area contributed by atoms with Crippen molar-refractivity contribution in [2.75, 3.05) is 13.2 Å². The first kappa shape index (κ1) is 26.6. The molecule has 1 fully saturated rings. The van der Waals surface area contributed by atoms with E-state index in [0.29, 0.717) is 41.2 Å². The fraction of sp³-hybridized carbons (Fsp3) is 0.214. The molecule has 3 aromatic carbocycles. The number of ether oxygens (including phenoxy) is 2. The SMILES string of the molecule is CCOc1cc(/C=C2/SC(=O)N(CCCc3ccccc3)C2=O)cc(I)c1OCc1ccccc1Cl. The normalized spacial score (nSPS) is 14.5. The fourth-order valence-corrected chi connectivity index (χ4v) is 5.61. The highest BCUT2D eigenvalue weighted by molar-refractivity contribution is 14.1. The van der Waals surface area contributed by atoms with Crippen LogP contribution in [0.15, 0.2) is 71.6 Å². The highest BCUT2D eigenvalue weighted by Crippen LogP contribution is 2.38. The molecule has 3 aromatic rings. The molecule has 0 spiro atoms. The highest BCUT2D eigenvalue weighted by atomic mass is 127. The van der Waals surface area contributed by atoms with Gasteiger partial charge in [-0.3, -0.25) is 14.5 Å². The van der Waals surface area contributed by atoms with Crippen LogP contribution < -0.4 is 9.47 Å². The maximum absolute atomic E-state index is 13.0. The molecule has 1 aliphatic rings. The van der Waals surface area contributed by atoms with Crippen LogP contribution in [0.4, 0.5) is 4.79 Å². The molecule has 0 saturated carbocycles. The summed E-state index contributed by atoms with van der Waals surface area (Å²) in [6.45, 7) is 3.06. The number of hydrogen-bond donors (Lipinski definition) is 0. The molecule has 186 valence electrons. The predicted octanol–water partition coefficient (Wildman–Crippen LogP) is 7.59. The monoisotopic (exact) mass is 633 g/mol. The number of nitrogens with zero attached hydrogens (tertiary/aromatic N) is 1. The number of halogens is 2. The molecule has 1 heterocycles. The number of hydrogen-bond acceptors (Lipinski definition) is 5. The Hall–Kier alpha value is -2.49. The molecule has 5 nitrogen and oxygen atoms in total. The molecule has 0 N–H and O–H groups in total. The number of rotatable bonds is 10. The highest BCUT2D eigenvalue weighted by Gasteiger charge is 2.34. The van der Waals surface area contributed by atoms with Crippen LogP contribution in [0.2, 0.25) is 5.02 Å². The molecule has 1 aliphatic heterocycles. The van der Waals surface area contributed by atoms with E-state index in [-0.39, 0.29) is 11.1 Å². The van der Waals surface area contributed by atoms with Crippen LogP contribution in [0.3, 0.4) is 0 Å².